The Morgan fingerprint density at radius 2 is 1.88 bits per heavy atom. The van der Waals surface area contributed by atoms with Crippen molar-refractivity contribution in [3.05, 3.63) is 70.4 Å². The summed E-state index contributed by atoms with van der Waals surface area (Å²) < 4.78 is 0. The number of amides is 1. The maximum atomic E-state index is 12.8. The van der Waals surface area contributed by atoms with Crippen molar-refractivity contribution in [2.24, 2.45) is 11.3 Å². The van der Waals surface area contributed by atoms with Gasteiger partial charge in [-0.1, -0.05) is 18.2 Å². The molecule has 4 fully saturated rings. The van der Waals surface area contributed by atoms with Gasteiger partial charge in [-0.15, -0.1) is 0 Å². The Bertz CT molecular complexity index is 1530. The van der Waals surface area contributed by atoms with Crippen molar-refractivity contribution in [3.8, 4) is 6.07 Å². The molecule has 1 aliphatic heterocycles. The number of benzene rings is 2. The van der Waals surface area contributed by atoms with E-state index in [1.54, 1.807) is 0 Å². The van der Waals surface area contributed by atoms with Crippen molar-refractivity contribution in [1.82, 2.24) is 15.2 Å². The molecule has 0 radical (unpaired) electrons. The molecule has 40 heavy (non-hydrogen) atoms. The number of aromatic amines is 1. The molecule has 206 valence electrons. The van der Waals surface area contributed by atoms with E-state index in [1.165, 1.54) is 46.0 Å². The molecular weight excluding hydrogens is 500 g/mol. The molecule has 3 N–H and O–H groups in total. The largest absolute Gasteiger partial charge is 0.480 e. The van der Waals surface area contributed by atoms with Crippen LogP contribution in [0.1, 0.15) is 95.9 Å². The van der Waals surface area contributed by atoms with Gasteiger partial charge in [-0.05, 0) is 117 Å². The molecule has 1 atom stereocenters. The van der Waals surface area contributed by atoms with Crippen LogP contribution in [0.3, 0.4) is 0 Å². The second kappa shape index (κ2) is 9.21. The van der Waals surface area contributed by atoms with Gasteiger partial charge in [0.25, 0.3) is 5.91 Å². The monoisotopic (exact) mass is 536 g/mol. The average Bonchev–Trinajstić information content (AvgIpc) is 3.87. The van der Waals surface area contributed by atoms with Crippen LogP contribution in [0.4, 0.5) is 0 Å². The Hall–Kier alpha value is -3.63. The highest BCUT2D eigenvalue weighted by Crippen LogP contribution is 2.57. The third-order valence-corrected chi connectivity index (χ3v) is 10.2. The fourth-order valence-corrected chi connectivity index (χ4v) is 7.44. The molecule has 0 bridgehead atoms. The molecule has 0 unspecified atom stereocenters. The molecule has 4 aliphatic rings. The van der Waals surface area contributed by atoms with Gasteiger partial charge in [0.1, 0.15) is 5.54 Å². The molecule has 1 saturated heterocycles. The Morgan fingerprint density at radius 1 is 1.12 bits per heavy atom. The minimum atomic E-state index is -1.10. The first-order valence-electron chi connectivity index (χ1n) is 14.7. The van der Waals surface area contributed by atoms with Gasteiger partial charge in [-0.25, -0.2) is 4.79 Å². The van der Waals surface area contributed by atoms with Gasteiger partial charge in [0.15, 0.2) is 0 Å². The van der Waals surface area contributed by atoms with E-state index in [9.17, 15) is 20.0 Å². The van der Waals surface area contributed by atoms with Crippen LogP contribution >= 0.6 is 0 Å². The van der Waals surface area contributed by atoms with Gasteiger partial charge >= 0.3 is 5.97 Å². The maximum Gasteiger partial charge on any atom is 0.329 e. The number of carbonyl (C=O) groups is 2. The molecular formula is C33H36N4O3. The summed E-state index contributed by atoms with van der Waals surface area (Å²) in [5, 5.41) is 23.0. The van der Waals surface area contributed by atoms with Crippen LogP contribution in [-0.4, -0.2) is 39.0 Å². The van der Waals surface area contributed by atoms with E-state index < -0.39 is 11.5 Å². The summed E-state index contributed by atoms with van der Waals surface area (Å²) in [7, 11) is 0. The Balaban J connectivity index is 1.18. The Morgan fingerprint density at radius 3 is 2.52 bits per heavy atom. The number of nitrogens with zero attached hydrogens (tertiary/aromatic N) is 2. The number of nitrogens with one attached hydrogen (secondary N) is 2. The molecule has 1 aromatic heterocycles. The van der Waals surface area contributed by atoms with E-state index >= 15 is 0 Å². The molecule has 3 aliphatic carbocycles. The van der Waals surface area contributed by atoms with Crippen LogP contribution in [0, 0.1) is 29.6 Å². The fourth-order valence-electron chi connectivity index (χ4n) is 7.44. The van der Waals surface area contributed by atoms with Gasteiger partial charge in [-0.3, -0.25) is 9.69 Å². The van der Waals surface area contributed by atoms with Crippen LogP contribution in [-0.2, 0) is 11.3 Å². The van der Waals surface area contributed by atoms with Crippen LogP contribution in [0.15, 0.2) is 42.6 Å². The zero-order chi connectivity index (χ0) is 27.6. The quantitative estimate of drug-likeness (QED) is 0.345. The van der Waals surface area contributed by atoms with Crippen molar-refractivity contribution >= 4 is 22.8 Å². The predicted molar refractivity (Wildman–Crippen MR) is 152 cm³/mol. The lowest BCUT2D eigenvalue weighted by atomic mass is 9.56. The van der Waals surface area contributed by atoms with E-state index in [-0.39, 0.29) is 23.3 Å². The number of aromatic nitrogens is 1. The third kappa shape index (κ3) is 4.30. The number of aliphatic carboxylic acids is 1. The summed E-state index contributed by atoms with van der Waals surface area (Å²) >= 11 is 0. The molecule has 7 heteroatoms. The van der Waals surface area contributed by atoms with Crippen LogP contribution in [0.5, 0.6) is 0 Å². The van der Waals surface area contributed by atoms with Crippen LogP contribution in [0.2, 0.25) is 0 Å². The molecule has 2 aromatic carbocycles. The lowest BCUT2D eigenvalue weighted by molar-refractivity contribution is -0.140. The molecule has 1 spiro atoms. The number of hydrogen-bond acceptors (Lipinski definition) is 4. The summed E-state index contributed by atoms with van der Waals surface area (Å²) in [6.07, 6.45) is 9.61. The van der Waals surface area contributed by atoms with Gasteiger partial charge < -0.3 is 15.4 Å². The lowest BCUT2D eigenvalue weighted by Gasteiger charge is -2.53. The number of carboxylic acid groups (broad SMARTS) is 1. The highest BCUT2D eigenvalue weighted by Gasteiger charge is 2.52. The van der Waals surface area contributed by atoms with Crippen molar-refractivity contribution in [2.75, 3.05) is 6.54 Å². The number of carbonyl (C=O) groups excluding carboxylic acids is 1. The first kappa shape index (κ1) is 25.3. The Kier molecular flexibility index (Phi) is 5.83. The normalized spacial score (nSPS) is 27.2. The molecule has 3 saturated carbocycles. The molecule has 3 aromatic rings. The summed E-state index contributed by atoms with van der Waals surface area (Å²) in [5.41, 5.74) is 6.26. The number of piperidine rings is 1. The van der Waals surface area contributed by atoms with Gasteiger partial charge in [0.05, 0.1) is 6.07 Å². The smallest absolute Gasteiger partial charge is 0.329 e. The minimum absolute atomic E-state index is 0.167. The first-order valence-corrected chi connectivity index (χ1v) is 14.7. The first-order chi connectivity index (χ1) is 19.3. The van der Waals surface area contributed by atoms with Crippen molar-refractivity contribution < 1.29 is 14.7 Å². The van der Waals surface area contributed by atoms with Gasteiger partial charge in [0, 0.05) is 41.2 Å². The fraction of sp³-hybridized carbons (Fsp3) is 0.485. The van der Waals surface area contributed by atoms with Crippen molar-refractivity contribution in [1.29, 1.82) is 5.26 Å². The number of H-pyrrole nitrogens is 1. The highest BCUT2D eigenvalue weighted by molar-refractivity contribution is 5.99. The zero-order valence-electron chi connectivity index (χ0n) is 23.0. The molecule has 2 heterocycles. The van der Waals surface area contributed by atoms with Gasteiger partial charge in [-0.2, -0.15) is 5.26 Å². The van der Waals surface area contributed by atoms with E-state index in [4.69, 9.17) is 0 Å². The van der Waals surface area contributed by atoms with Crippen LogP contribution < -0.4 is 5.32 Å². The third-order valence-electron chi connectivity index (χ3n) is 10.2. The molecule has 7 rings (SSSR count). The zero-order valence-corrected chi connectivity index (χ0v) is 23.0. The summed E-state index contributed by atoms with van der Waals surface area (Å²) in [6, 6.07) is 15.1. The number of aryl methyl sites for hydroxylation is 1. The van der Waals surface area contributed by atoms with Crippen LogP contribution in [0.25, 0.3) is 10.9 Å². The summed E-state index contributed by atoms with van der Waals surface area (Å²) in [4.78, 5) is 30.5. The summed E-state index contributed by atoms with van der Waals surface area (Å²) in [5.74, 6) is -0.470. The van der Waals surface area contributed by atoms with Crippen molar-refractivity contribution in [2.45, 2.75) is 82.3 Å². The number of carboxylic acids is 1. The number of fused-ring (bicyclic) bond motifs is 1. The SMILES string of the molecule is Cc1cc(C2CC2)c(CN2CCC3(CC(C#N)C3)C[C@H]2c2ccc(C(=O)NC3(C(=O)O)CC3)cc2)c2cc[nH]c12. The van der Waals surface area contributed by atoms with E-state index in [1.807, 2.05) is 12.1 Å². The van der Waals surface area contributed by atoms with E-state index in [0.717, 1.165) is 38.8 Å². The minimum Gasteiger partial charge on any atom is -0.480 e. The van der Waals surface area contributed by atoms with E-state index in [0.29, 0.717) is 24.3 Å². The standard InChI is InChI=1S/C33H36N4O3/c1-20-14-26(22-2-3-22)27(25-8-12-35-29(20)25)19-37-13-11-32(15-21(16-32)18-34)17-28(37)23-4-6-24(7-5-23)30(38)36-33(9-10-33)31(39)40/h4-8,12,14,21-22,28,35H,2-3,9-11,13,15-17,19H2,1H3,(H,36,38)(H,39,40)/t21?,28-,32?/m0/s1. The number of hydrogen-bond donors (Lipinski definition) is 3. The molecule has 1 amide bonds. The topological polar surface area (TPSA) is 109 Å². The Labute approximate surface area is 234 Å². The van der Waals surface area contributed by atoms with Crippen molar-refractivity contribution in [3.63, 3.8) is 0 Å². The average molecular weight is 537 g/mol. The van der Waals surface area contributed by atoms with Gasteiger partial charge in [0.2, 0.25) is 0 Å². The molecule has 7 nitrogen and oxygen atoms in total. The lowest BCUT2D eigenvalue weighted by Crippen LogP contribution is -2.48. The summed E-state index contributed by atoms with van der Waals surface area (Å²) in [6.45, 7) is 4.06. The number of likely N-dealkylation sites (tertiary alicyclic amines) is 1. The number of nitriles is 1. The predicted octanol–water partition coefficient (Wildman–Crippen LogP) is 5.96. The highest BCUT2D eigenvalue weighted by atomic mass is 16.4. The second-order valence-corrected chi connectivity index (χ2v) is 12.9. The number of rotatable bonds is 7. The maximum absolute atomic E-state index is 12.8. The van der Waals surface area contributed by atoms with E-state index in [2.05, 4.69) is 58.7 Å². The second-order valence-electron chi connectivity index (χ2n) is 12.9.